The van der Waals surface area contributed by atoms with E-state index in [1.807, 2.05) is 36.1 Å². The van der Waals surface area contributed by atoms with Crippen LogP contribution in [0.3, 0.4) is 0 Å². The molecule has 1 atom stereocenters. The molecule has 1 aromatic carbocycles. The SMILES string of the molecule is COc1ccccc1OC(C)CN=C(N)N1CCOCC1.I. The number of rotatable bonds is 5. The highest BCUT2D eigenvalue weighted by molar-refractivity contribution is 14.0. The van der Waals surface area contributed by atoms with E-state index in [1.54, 1.807) is 7.11 Å². The Balaban J connectivity index is 0.00000242. The standard InChI is InChI=1S/C15H23N3O3.HI/c1-12(21-14-6-4-3-5-13(14)19-2)11-17-15(16)18-7-9-20-10-8-18;/h3-6,12H,7-11H2,1-2H3,(H2,16,17);1H. The number of nitrogens with two attached hydrogens (primary N) is 1. The molecule has 1 unspecified atom stereocenters. The number of guanidine groups is 1. The molecule has 0 spiro atoms. The van der Waals surface area contributed by atoms with E-state index in [9.17, 15) is 0 Å². The van der Waals surface area contributed by atoms with Crippen LogP contribution in [0.2, 0.25) is 0 Å². The van der Waals surface area contributed by atoms with Gasteiger partial charge in [-0.1, -0.05) is 12.1 Å². The van der Waals surface area contributed by atoms with E-state index >= 15 is 0 Å². The van der Waals surface area contributed by atoms with Gasteiger partial charge < -0.3 is 24.8 Å². The molecule has 2 rings (SSSR count). The van der Waals surface area contributed by atoms with Crippen LogP contribution < -0.4 is 15.2 Å². The normalized spacial score (nSPS) is 16.6. The Hall–Kier alpha value is -1.22. The number of para-hydroxylation sites is 2. The quantitative estimate of drug-likeness (QED) is 0.446. The molecule has 1 fully saturated rings. The van der Waals surface area contributed by atoms with Crippen LogP contribution in [0.4, 0.5) is 0 Å². The first-order chi connectivity index (χ1) is 10.2. The van der Waals surface area contributed by atoms with Crippen molar-refractivity contribution in [3.05, 3.63) is 24.3 Å². The molecule has 1 heterocycles. The average molecular weight is 421 g/mol. The highest BCUT2D eigenvalue weighted by Crippen LogP contribution is 2.26. The Morgan fingerprint density at radius 2 is 1.95 bits per heavy atom. The smallest absolute Gasteiger partial charge is 0.191 e. The second-order valence-electron chi connectivity index (χ2n) is 4.88. The largest absolute Gasteiger partial charge is 0.493 e. The number of nitrogens with zero attached hydrogens (tertiary/aromatic N) is 2. The molecule has 2 N–H and O–H groups in total. The minimum Gasteiger partial charge on any atom is -0.493 e. The molecule has 124 valence electrons. The molecule has 1 aromatic rings. The number of methoxy groups -OCH3 is 1. The number of morpholine rings is 1. The van der Waals surface area contributed by atoms with Crippen molar-refractivity contribution >= 4 is 29.9 Å². The molecule has 1 aliphatic heterocycles. The Kier molecular flexibility index (Phi) is 8.32. The zero-order chi connectivity index (χ0) is 15.1. The molecule has 0 amide bonds. The summed E-state index contributed by atoms with van der Waals surface area (Å²) in [4.78, 5) is 6.43. The summed E-state index contributed by atoms with van der Waals surface area (Å²) in [6.45, 7) is 5.44. The van der Waals surface area contributed by atoms with Gasteiger partial charge in [0.25, 0.3) is 0 Å². The Morgan fingerprint density at radius 3 is 2.59 bits per heavy atom. The van der Waals surface area contributed by atoms with Crippen molar-refractivity contribution in [1.82, 2.24) is 4.90 Å². The summed E-state index contributed by atoms with van der Waals surface area (Å²) in [6.07, 6.45) is -0.0825. The summed E-state index contributed by atoms with van der Waals surface area (Å²) >= 11 is 0. The first kappa shape index (κ1) is 18.8. The topological polar surface area (TPSA) is 69.3 Å². The lowest BCUT2D eigenvalue weighted by Gasteiger charge is -2.27. The Bertz CT molecular complexity index is 479. The maximum atomic E-state index is 5.99. The van der Waals surface area contributed by atoms with Crippen molar-refractivity contribution in [2.24, 2.45) is 10.7 Å². The summed E-state index contributed by atoms with van der Waals surface area (Å²) in [5.74, 6) is 1.98. The molecular formula is C15H24IN3O3. The maximum Gasteiger partial charge on any atom is 0.191 e. The molecule has 6 nitrogen and oxygen atoms in total. The molecule has 1 aliphatic rings. The molecule has 22 heavy (non-hydrogen) atoms. The van der Waals surface area contributed by atoms with Gasteiger partial charge >= 0.3 is 0 Å². The fourth-order valence-electron chi connectivity index (χ4n) is 2.08. The van der Waals surface area contributed by atoms with Gasteiger partial charge in [-0.05, 0) is 19.1 Å². The molecule has 0 aromatic heterocycles. The lowest BCUT2D eigenvalue weighted by Crippen LogP contribution is -2.45. The predicted octanol–water partition coefficient (Wildman–Crippen LogP) is 1.73. The van der Waals surface area contributed by atoms with Crippen molar-refractivity contribution in [3.63, 3.8) is 0 Å². The second-order valence-corrected chi connectivity index (χ2v) is 4.88. The molecular weight excluding hydrogens is 397 g/mol. The van der Waals surface area contributed by atoms with Crippen LogP contribution in [-0.4, -0.2) is 56.9 Å². The van der Waals surface area contributed by atoms with Crippen LogP contribution in [0.1, 0.15) is 6.92 Å². The third-order valence-electron chi connectivity index (χ3n) is 3.24. The van der Waals surface area contributed by atoms with Gasteiger partial charge in [0.15, 0.2) is 17.5 Å². The second kappa shape index (κ2) is 9.73. The van der Waals surface area contributed by atoms with E-state index in [-0.39, 0.29) is 30.1 Å². The monoisotopic (exact) mass is 421 g/mol. The molecule has 0 bridgehead atoms. The number of hydrogen-bond acceptors (Lipinski definition) is 4. The zero-order valence-corrected chi connectivity index (χ0v) is 15.4. The van der Waals surface area contributed by atoms with Gasteiger partial charge in [-0.25, -0.2) is 4.99 Å². The molecule has 0 aliphatic carbocycles. The fourth-order valence-corrected chi connectivity index (χ4v) is 2.08. The number of aliphatic imine (C=N–C) groups is 1. The van der Waals surface area contributed by atoms with Crippen LogP contribution in [0.15, 0.2) is 29.3 Å². The van der Waals surface area contributed by atoms with E-state index in [0.717, 1.165) is 18.8 Å². The molecule has 7 heteroatoms. The zero-order valence-electron chi connectivity index (χ0n) is 13.0. The van der Waals surface area contributed by atoms with Crippen molar-refractivity contribution in [2.75, 3.05) is 40.0 Å². The van der Waals surface area contributed by atoms with E-state index in [1.165, 1.54) is 0 Å². The number of benzene rings is 1. The van der Waals surface area contributed by atoms with Crippen molar-refractivity contribution in [2.45, 2.75) is 13.0 Å². The van der Waals surface area contributed by atoms with E-state index < -0.39 is 0 Å². The minimum absolute atomic E-state index is 0. The first-order valence-electron chi connectivity index (χ1n) is 7.13. The highest BCUT2D eigenvalue weighted by atomic mass is 127. The van der Waals surface area contributed by atoms with Crippen molar-refractivity contribution in [1.29, 1.82) is 0 Å². The van der Waals surface area contributed by atoms with E-state index in [0.29, 0.717) is 31.5 Å². The van der Waals surface area contributed by atoms with Gasteiger partial charge in [-0.2, -0.15) is 0 Å². The third-order valence-corrected chi connectivity index (χ3v) is 3.24. The van der Waals surface area contributed by atoms with Gasteiger partial charge in [0.2, 0.25) is 0 Å². The maximum absolute atomic E-state index is 5.99. The third kappa shape index (κ3) is 5.53. The van der Waals surface area contributed by atoms with Crippen LogP contribution in [0.25, 0.3) is 0 Å². The average Bonchev–Trinajstić information content (AvgIpc) is 2.54. The van der Waals surface area contributed by atoms with Gasteiger partial charge in [0.05, 0.1) is 26.9 Å². The molecule has 0 saturated carbocycles. The molecule has 0 radical (unpaired) electrons. The van der Waals surface area contributed by atoms with Crippen LogP contribution in [0, 0.1) is 0 Å². The Morgan fingerprint density at radius 1 is 1.32 bits per heavy atom. The number of ether oxygens (including phenoxy) is 3. The predicted molar refractivity (Wildman–Crippen MR) is 97.4 cm³/mol. The first-order valence-corrected chi connectivity index (χ1v) is 7.13. The highest BCUT2D eigenvalue weighted by Gasteiger charge is 2.13. The van der Waals surface area contributed by atoms with Gasteiger partial charge in [-0.3, -0.25) is 0 Å². The summed E-state index contributed by atoms with van der Waals surface area (Å²) in [5, 5.41) is 0. The van der Waals surface area contributed by atoms with Gasteiger partial charge in [0.1, 0.15) is 6.10 Å². The number of hydrogen-bond donors (Lipinski definition) is 1. The van der Waals surface area contributed by atoms with Gasteiger partial charge in [0, 0.05) is 13.1 Å². The lowest BCUT2D eigenvalue weighted by molar-refractivity contribution is 0.0673. The van der Waals surface area contributed by atoms with Crippen LogP contribution in [0.5, 0.6) is 11.5 Å². The van der Waals surface area contributed by atoms with E-state index in [2.05, 4.69) is 4.99 Å². The summed E-state index contributed by atoms with van der Waals surface area (Å²) in [5.41, 5.74) is 5.99. The molecule has 1 saturated heterocycles. The van der Waals surface area contributed by atoms with Crippen molar-refractivity contribution in [3.8, 4) is 11.5 Å². The summed E-state index contributed by atoms with van der Waals surface area (Å²) in [6, 6.07) is 7.57. The lowest BCUT2D eigenvalue weighted by atomic mass is 10.3. The minimum atomic E-state index is -0.0825. The van der Waals surface area contributed by atoms with Crippen molar-refractivity contribution < 1.29 is 14.2 Å². The van der Waals surface area contributed by atoms with Crippen LogP contribution >= 0.6 is 24.0 Å². The van der Waals surface area contributed by atoms with E-state index in [4.69, 9.17) is 19.9 Å². The fraction of sp³-hybridized carbons (Fsp3) is 0.533. The summed E-state index contributed by atoms with van der Waals surface area (Å²) in [7, 11) is 1.63. The Labute approximate surface area is 148 Å². The summed E-state index contributed by atoms with van der Waals surface area (Å²) < 4.78 is 16.4. The van der Waals surface area contributed by atoms with Gasteiger partial charge in [-0.15, -0.1) is 24.0 Å². The number of halogens is 1. The van der Waals surface area contributed by atoms with Crippen LogP contribution in [-0.2, 0) is 4.74 Å².